The first-order valence-electron chi connectivity index (χ1n) is 10.2. The lowest BCUT2D eigenvalue weighted by atomic mass is 10.1. The molecule has 0 unspecified atom stereocenters. The molecule has 0 spiro atoms. The van der Waals surface area contributed by atoms with Crippen LogP contribution in [0.5, 0.6) is 0 Å². The lowest BCUT2D eigenvalue weighted by molar-refractivity contribution is 1.30. The predicted molar refractivity (Wildman–Crippen MR) is 131 cm³/mol. The zero-order chi connectivity index (χ0) is 21.8. The van der Waals surface area contributed by atoms with E-state index in [0.717, 1.165) is 22.2 Å². The lowest BCUT2D eigenvalue weighted by Gasteiger charge is -1.98. The van der Waals surface area contributed by atoms with Crippen LogP contribution < -0.4 is 5.43 Å². The number of pyridine rings is 2. The summed E-state index contributed by atoms with van der Waals surface area (Å²) in [5.74, 6) is 0. The molecular weight excluding hydrogens is 396 g/mol. The molecule has 0 saturated heterocycles. The van der Waals surface area contributed by atoms with Crippen molar-refractivity contribution in [2.24, 2.45) is 9.98 Å². The van der Waals surface area contributed by atoms with E-state index < -0.39 is 0 Å². The molecule has 5 aromatic rings. The van der Waals surface area contributed by atoms with Crippen LogP contribution in [0.25, 0.3) is 21.5 Å². The van der Waals surface area contributed by atoms with Gasteiger partial charge in [-0.15, -0.1) is 0 Å². The van der Waals surface area contributed by atoms with E-state index in [1.54, 1.807) is 24.8 Å². The summed E-state index contributed by atoms with van der Waals surface area (Å²) in [6, 6.07) is 26.5. The highest BCUT2D eigenvalue weighted by Crippen LogP contribution is 2.23. The van der Waals surface area contributed by atoms with Crippen LogP contribution in [-0.2, 0) is 0 Å². The Labute approximate surface area is 184 Å². The maximum Gasteiger partial charge on any atom is 0.194 e. The molecule has 0 aliphatic rings. The second-order valence-electron chi connectivity index (χ2n) is 7.23. The van der Waals surface area contributed by atoms with Gasteiger partial charge in [0.1, 0.15) is 0 Å². The van der Waals surface area contributed by atoms with Gasteiger partial charge in [-0.25, -0.2) is 0 Å². The molecule has 0 radical (unpaired) electrons. The molecule has 0 atom stereocenters. The first-order chi connectivity index (χ1) is 15.8. The van der Waals surface area contributed by atoms with E-state index in [2.05, 4.69) is 20.0 Å². The van der Waals surface area contributed by atoms with Gasteiger partial charge in [0.2, 0.25) is 0 Å². The molecule has 0 fully saturated rings. The van der Waals surface area contributed by atoms with E-state index in [1.807, 2.05) is 84.9 Å². The minimum Gasteiger partial charge on any atom is -0.289 e. The minimum absolute atomic E-state index is 0.0511. The van der Waals surface area contributed by atoms with Crippen LogP contribution in [0.2, 0.25) is 0 Å². The van der Waals surface area contributed by atoms with Crippen LogP contribution in [0.4, 0.5) is 11.4 Å². The van der Waals surface area contributed by atoms with Crippen molar-refractivity contribution in [1.29, 1.82) is 0 Å². The fourth-order valence-electron chi connectivity index (χ4n) is 3.44. The van der Waals surface area contributed by atoms with E-state index in [0.29, 0.717) is 22.1 Å². The van der Waals surface area contributed by atoms with Crippen LogP contribution in [0.1, 0.15) is 11.4 Å². The van der Waals surface area contributed by atoms with Crippen LogP contribution in [0, 0.1) is 0 Å². The summed E-state index contributed by atoms with van der Waals surface area (Å²) in [6.07, 6.45) is 6.82. The summed E-state index contributed by atoms with van der Waals surface area (Å²) in [5, 5.41) is 2.95. The number of fused-ring (bicyclic) bond motifs is 2. The first-order valence-corrected chi connectivity index (χ1v) is 10.2. The van der Waals surface area contributed by atoms with Crippen molar-refractivity contribution in [2.45, 2.75) is 0 Å². The van der Waals surface area contributed by atoms with Crippen molar-refractivity contribution in [3.63, 3.8) is 0 Å². The third-order valence-electron chi connectivity index (χ3n) is 5.07. The van der Waals surface area contributed by atoms with Crippen molar-refractivity contribution in [3.05, 3.63) is 119 Å². The lowest BCUT2D eigenvalue weighted by Crippen LogP contribution is -1.98. The summed E-state index contributed by atoms with van der Waals surface area (Å²) in [6.45, 7) is 0. The predicted octanol–water partition coefficient (Wildman–Crippen LogP) is 5.64. The molecule has 0 saturated carbocycles. The highest BCUT2D eigenvalue weighted by Gasteiger charge is 2.05. The second kappa shape index (κ2) is 8.70. The minimum atomic E-state index is -0.0511. The molecule has 3 aromatic carbocycles. The Balaban J connectivity index is 1.58. The molecule has 2 heterocycles. The molecule has 0 amide bonds. The summed E-state index contributed by atoms with van der Waals surface area (Å²) in [4.78, 5) is 30.9. The smallest absolute Gasteiger partial charge is 0.194 e. The van der Waals surface area contributed by atoms with Crippen LogP contribution in [0.3, 0.4) is 0 Å². The summed E-state index contributed by atoms with van der Waals surface area (Å²) >= 11 is 0. The van der Waals surface area contributed by atoms with Gasteiger partial charge in [0, 0.05) is 23.2 Å². The highest BCUT2D eigenvalue weighted by molar-refractivity contribution is 5.96. The molecule has 0 N–H and O–H groups in total. The Morgan fingerprint density at radius 1 is 0.594 bits per heavy atom. The van der Waals surface area contributed by atoms with E-state index in [4.69, 9.17) is 0 Å². The molecule has 0 aliphatic heterocycles. The number of aliphatic imine (C=N–C) groups is 2. The Morgan fingerprint density at radius 3 is 1.50 bits per heavy atom. The van der Waals surface area contributed by atoms with Gasteiger partial charge in [0.25, 0.3) is 0 Å². The number of hydrogen-bond acceptors (Lipinski definition) is 5. The monoisotopic (exact) mass is 414 g/mol. The van der Waals surface area contributed by atoms with Gasteiger partial charge < -0.3 is 0 Å². The molecule has 5 nitrogen and oxygen atoms in total. The average Bonchev–Trinajstić information content (AvgIpc) is 2.99. The van der Waals surface area contributed by atoms with E-state index in [-0.39, 0.29) is 5.43 Å². The van der Waals surface area contributed by atoms with Crippen LogP contribution in [0.15, 0.2) is 112 Å². The third kappa shape index (κ3) is 4.18. The maximum absolute atomic E-state index is 13.4. The van der Waals surface area contributed by atoms with Gasteiger partial charge in [-0.2, -0.15) is 0 Å². The Bertz CT molecular complexity index is 1410. The standard InChI is InChI=1S/C27H18N4O/c32-27-25-15-21(30-17-23-5-1-3-13-28-23)11-9-19(25)7-8-20-10-12-22(16-26(20)27)31-18-24-6-2-4-14-29-24/h1-18H. The number of nitrogens with zero attached hydrogens (tertiary/aromatic N) is 4. The Morgan fingerprint density at radius 2 is 1.06 bits per heavy atom. The zero-order valence-electron chi connectivity index (χ0n) is 17.1. The molecule has 0 aliphatic carbocycles. The van der Waals surface area contributed by atoms with Crippen molar-refractivity contribution >= 4 is 45.3 Å². The molecule has 0 bridgehead atoms. The maximum atomic E-state index is 13.4. The van der Waals surface area contributed by atoms with Crippen LogP contribution >= 0.6 is 0 Å². The molecule has 5 rings (SSSR count). The van der Waals surface area contributed by atoms with E-state index >= 15 is 0 Å². The average molecular weight is 414 g/mol. The van der Waals surface area contributed by atoms with Gasteiger partial charge in [-0.05, 0) is 59.3 Å². The fraction of sp³-hybridized carbons (Fsp3) is 0. The fourth-order valence-corrected chi connectivity index (χ4v) is 3.44. The molecule has 5 heteroatoms. The molecular formula is C27H18N4O. The largest absolute Gasteiger partial charge is 0.289 e. The van der Waals surface area contributed by atoms with Crippen LogP contribution in [-0.4, -0.2) is 22.4 Å². The topological polar surface area (TPSA) is 67.6 Å². The number of aromatic nitrogens is 2. The van der Waals surface area contributed by atoms with Gasteiger partial charge in [0.05, 0.1) is 35.2 Å². The Kier molecular flexibility index (Phi) is 5.29. The zero-order valence-corrected chi connectivity index (χ0v) is 17.1. The molecule has 32 heavy (non-hydrogen) atoms. The third-order valence-corrected chi connectivity index (χ3v) is 5.07. The molecule has 152 valence electrons. The van der Waals surface area contributed by atoms with Crippen molar-refractivity contribution in [2.75, 3.05) is 0 Å². The van der Waals surface area contributed by atoms with Crippen molar-refractivity contribution < 1.29 is 0 Å². The quantitative estimate of drug-likeness (QED) is 0.357. The molecule has 2 aromatic heterocycles. The summed E-state index contributed by atoms with van der Waals surface area (Å²) < 4.78 is 0. The normalized spacial score (nSPS) is 11.6. The highest BCUT2D eigenvalue weighted by atomic mass is 16.1. The van der Waals surface area contributed by atoms with E-state index in [9.17, 15) is 4.79 Å². The number of hydrogen-bond donors (Lipinski definition) is 0. The summed E-state index contributed by atoms with van der Waals surface area (Å²) in [7, 11) is 0. The van der Waals surface area contributed by atoms with E-state index in [1.165, 1.54) is 0 Å². The Hall–Kier alpha value is -4.51. The van der Waals surface area contributed by atoms with Gasteiger partial charge >= 0.3 is 0 Å². The first kappa shape index (κ1) is 19.5. The van der Waals surface area contributed by atoms with Crippen molar-refractivity contribution in [3.8, 4) is 0 Å². The summed E-state index contributed by atoms with van der Waals surface area (Å²) in [5.41, 5.74) is 2.86. The SMILES string of the molecule is O=c1c2cc(N=Cc3ccccn3)ccc2ccc2ccc(N=Cc3ccccn3)cc12. The van der Waals surface area contributed by atoms with Gasteiger partial charge in [-0.3, -0.25) is 24.7 Å². The number of rotatable bonds is 4. The second-order valence-corrected chi connectivity index (χ2v) is 7.23. The van der Waals surface area contributed by atoms with Gasteiger partial charge in [0.15, 0.2) is 5.43 Å². The number of benzene rings is 2. The van der Waals surface area contributed by atoms with Gasteiger partial charge in [-0.1, -0.05) is 36.4 Å². The van der Waals surface area contributed by atoms with Crippen molar-refractivity contribution in [1.82, 2.24) is 9.97 Å².